The molecule has 2 saturated heterocycles. The summed E-state index contributed by atoms with van der Waals surface area (Å²) in [5, 5.41) is 0. The molecule has 0 aliphatic carbocycles. The molecule has 0 N–H and O–H groups in total. The molecule has 3 heterocycles. The van der Waals surface area contributed by atoms with Crippen LogP contribution in [-0.4, -0.2) is 117 Å². The average molecular weight is 336 g/mol. The average Bonchev–Trinajstić information content (AvgIpc) is 3.05. The molecule has 3 aliphatic heterocycles. The molecule has 0 radical (unpaired) electrons. The van der Waals surface area contributed by atoms with E-state index in [0.29, 0.717) is 0 Å². The zero-order chi connectivity index (χ0) is 16.6. The predicted octanol–water partition coefficient (Wildman–Crippen LogP) is 0.851. The van der Waals surface area contributed by atoms with Gasteiger partial charge in [-0.3, -0.25) is 14.7 Å². The Bertz CT molecular complexity index is 378. The van der Waals surface area contributed by atoms with Gasteiger partial charge in [-0.25, -0.2) is 0 Å². The minimum Gasteiger partial charge on any atom is -0.304 e. The first-order valence-electron chi connectivity index (χ1n) is 10.0. The second-order valence-corrected chi connectivity index (χ2v) is 7.79. The Kier molecular flexibility index (Phi) is 7.55. The molecule has 3 aliphatic rings. The quantitative estimate of drug-likeness (QED) is 0.610. The van der Waals surface area contributed by atoms with Gasteiger partial charge >= 0.3 is 0 Å². The smallest absolute Gasteiger partial charge is 0.0507 e. The summed E-state index contributed by atoms with van der Waals surface area (Å²) in [5.41, 5.74) is 0. The lowest BCUT2D eigenvalue weighted by molar-refractivity contribution is 0.145. The molecule has 0 aromatic carbocycles. The maximum atomic E-state index is 2.65. The summed E-state index contributed by atoms with van der Waals surface area (Å²) >= 11 is 0. The van der Waals surface area contributed by atoms with Crippen LogP contribution in [0.3, 0.4) is 0 Å². The third-order valence-corrected chi connectivity index (χ3v) is 5.77. The van der Waals surface area contributed by atoms with Crippen molar-refractivity contribution in [3.63, 3.8) is 0 Å². The highest BCUT2D eigenvalue weighted by Gasteiger charge is 2.20. The summed E-state index contributed by atoms with van der Waals surface area (Å²) in [6.07, 6.45) is 8.53. The fraction of sp³-hybridized carbons (Fsp3) is 0.895. The highest BCUT2D eigenvalue weighted by molar-refractivity contribution is 4.90. The predicted molar refractivity (Wildman–Crippen MR) is 101 cm³/mol. The first-order chi connectivity index (χ1) is 11.8. The Balaban J connectivity index is 1.21. The van der Waals surface area contributed by atoms with Gasteiger partial charge in [-0.1, -0.05) is 12.2 Å². The van der Waals surface area contributed by atoms with Crippen molar-refractivity contribution in [3.8, 4) is 0 Å². The van der Waals surface area contributed by atoms with Crippen molar-refractivity contribution in [3.05, 3.63) is 12.2 Å². The van der Waals surface area contributed by atoms with E-state index >= 15 is 0 Å². The van der Waals surface area contributed by atoms with Crippen molar-refractivity contribution in [2.75, 3.05) is 92.3 Å². The van der Waals surface area contributed by atoms with Crippen molar-refractivity contribution in [2.45, 2.75) is 19.3 Å². The topological polar surface area (TPSA) is 16.2 Å². The molecule has 3 rings (SSSR count). The molecule has 5 nitrogen and oxygen atoms in total. The van der Waals surface area contributed by atoms with E-state index < -0.39 is 0 Å². The molecular weight excluding hydrogens is 298 g/mol. The van der Waals surface area contributed by atoms with Gasteiger partial charge in [0.05, 0.1) is 6.67 Å². The summed E-state index contributed by atoms with van der Waals surface area (Å²) in [4.78, 5) is 13.0. The number of rotatable bonds is 8. The Morgan fingerprint density at radius 2 is 1.21 bits per heavy atom. The number of hydrogen-bond acceptors (Lipinski definition) is 5. The van der Waals surface area contributed by atoms with E-state index in [1.54, 1.807) is 0 Å². The van der Waals surface area contributed by atoms with E-state index in [1.807, 2.05) is 0 Å². The monoisotopic (exact) mass is 335 g/mol. The molecule has 0 unspecified atom stereocenters. The molecule has 0 bridgehead atoms. The second kappa shape index (κ2) is 9.88. The Labute approximate surface area is 148 Å². The lowest BCUT2D eigenvalue weighted by Crippen LogP contribution is -2.45. The standard InChI is InChI=1S/C19H37N5/c1-20-13-15-22(16-14-20)10-6-12-24-18-17-23(19-24)11-5-9-21-7-3-2-4-8-21/h2-3H,4-19H2,1H3. The van der Waals surface area contributed by atoms with E-state index in [0.717, 1.165) is 0 Å². The van der Waals surface area contributed by atoms with E-state index in [1.165, 1.54) is 104 Å². The van der Waals surface area contributed by atoms with Gasteiger partial charge < -0.3 is 9.80 Å². The lowest BCUT2D eigenvalue weighted by atomic mass is 10.2. The number of likely N-dealkylation sites (N-methyl/N-ethyl adjacent to an activating group) is 1. The number of piperazine rings is 1. The van der Waals surface area contributed by atoms with Crippen molar-refractivity contribution < 1.29 is 0 Å². The van der Waals surface area contributed by atoms with Gasteiger partial charge in [-0.05, 0) is 39.4 Å². The fourth-order valence-electron chi connectivity index (χ4n) is 4.07. The van der Waals surface area contributed by atoms with Crippen LogP contribution < -0.4 is 0 Å². The molecule has 0 atom stereocenters. The van der Waals surface area contributed by atoms with E-state index in [-0.39, 0.29) is 0 Å². The van der Waals surface area contributed by atoms with Gasteiger partial charge in [0.2, 0.25) is 0 Å². The van der Waals surface area contributed by atoms with Crippen LogP contribution in [0.1, 0.15) is 19.3 Å². The molecule has 5 heteroatoms. The molecule has 2 fully saturated rings. The van der Waals surface area contributed by atoms with E-state index in [9.17, 15) is 0 Å². The van der Waals surface area contributed by atoms with Gasteiger partial charge in [0.25, 0.3) is 0 Å². The molecule has 138 valence electrons. The van der Waals surface area contributed by atoms with Crippen molar-refractivity contribution in [1.82, 2.24) is 24.5 Å². The summed E-state index contributed by atoms with van der Waals surface area (Å²) in [5.74, 6) is 0. The van der Waals surface area contributed by atoms with E-state index in [4.69, 9.17) is 0 Å². The molecule has 0 saturated carbocycles. The number of hydrogen-bond donors (Lipinski definition) is 0. The zero-order valence-electron chi connectivity index (χ0n) is 15.7. The molecular formula is C19H37N5. The van der Waals surface area contributed by atoms with Crippen LogP contribution in [0.2, 0.25) is 0 Å². The second-order valence-electron chi connectivity index (χ2n) is 7.79. The van der Waals surface area contributed by atoms with Crippen LogP contribution in [0.5, 0.6) is 0 Å². The molecule has 0 aromatic heterocycles. The van der Waals surface area contributed by atoms with Crippen molar-refractivity contribution >= 4 is 0 Å². The molecule has 0 aromatic rings. The Morgan fingerprint density at radius 1 is 0.625 bits per heavy atom. The summed E-state index contributed by atoms with van der Waals surface area (Å²) in [7, 11) is 2.23. The van der Waals surface area contributed by atoms with E-state index in [2.05, 4.69) is 43.7 Å². The zero-order valence-corrected chi connectivity index (χ0v) is 15.7. The third kappa shape index (κ3) is 6.12. The molecule has 0 amide bonds. The maximum absolute atomic E-state index is 2.65. The van der Waals surface area contributed by atoms with Crippen LogP contribution in [0.25, 0.3) is 0 Å². The van der Waals surface area contributed by atoms with Gasteiger partial charge in [-0.15, -0.1) is 0 Å². The molecule has 24 heavy (non-hydrogen) atoms. The minimum absolute atomic E-state index is 1.17. The Morgan fingerprint density at radius 3 is 1.83 bits per heavy atom. The number of nitrogens with zero attached hydrogens (tertiary/aromatic N) is 5. The van der Waals surface area contributed by atoms with Crippen LogP contribution in [-0.2, 0) is 0 Å². The highest BCUT2D eigenvalue weighted by atomic mass is 15.4. The first-order valence-corrected chi connectivity index (χ1v) is 10.0. The fourth-order valence-corrected chi connectivity index (χ4v) is 4.07. The van der Waals surface area contributed by atoms with Crippen LogP contribution in [0.4, 0.5) is 0 Å². The third-order valence-electron chi connectivity index (χ3n) is 5.77. The molecule has 0 spiro atoms. The summed E-state index contributed by atoms with van der Waals surface area (Å²) in [6.45, 7) is 16.3. The summed E-state index contributed by atoms with van der Waals surface area (Å²) < 4.78 is 0. The minimum atomic E-state index is 1.17. The normalized spacial score (nSPS) is 25.7. The Hall–Kier alpha value is -0.460. The summed E-state index contributed by atoms with van der Waals surface area (Å²) in [6, 6.07) is 0. The lowest BCUT2D eigenvalue weighted by Gasteiger charge is -2.32. The SMILES string of the molecule is CN1CCN(CCCN2CCN(CCCN3CC=CCC3)C2)CC1. The van der Waals surface area contributed by atoms with Crippen LogP contribution in [0, 0.1) is 0 Å². The van der Waals surface area contributed by atoms with Gasteiger partial charge in [0.15, 0.2) is 0 Å². The van der Waals surface area contributed by atoms with Gasteiger partial charge in [0.1, 0.15) is 0 Å². The highest BCUT2D eigenvalue weighted by Crippen LogP contribution is 2.09. The van der Waals surface area contributed by atoms with Crippen molar-refractivity contribution in [2.24, 2.45) is 0 Å². The largest absolute Gasteiger partial charge is 0.304 e. The van der Waals surface area contributed by atoms with Crippen LogP contribution >= 0.6 is 0 Å². The van der Waals surface area contributed by atoms with Gasteiger partial charge in [-0.2, -0.15) is 0 Å². The first kappa shape index (κ1) is 18.3. The van der Waals surface area contributed by atoms with Crippen molar-refractivity contribution in [1.29, 1.82) is 0 Å². The van der Waals surface area contributed by atoms with Gasteiger partial charge in [0, 0.05) is 65.4 Å². The van der Waals surface area contributed by atoms with Crippen LogP contribution in [0.15, 0.2) is 12.2 Å². The maximum Gasteiger partial charge on any atom is 0.0507 e.